The van der Waals surface area contributed by atoms with Crippen LogP contribution in [0.5, 0.6) is 0 Å². The van der Waals surface area contributed by atoms with Crippen molar-refractivity contribution in [1.29, 1.82) is 0 Å². The molecule has 29 heavy (non-hydrogen) atoms. The third-order valence-electron chi connectivity index (χ3n) is 5.55. The van der Waals surface area contributed by atoms with Crippen LogP contribution >= 0.6 is 0 Å². The Bertz CT molecular complexity index is 1270. The minimum absolute atomic E-state index is 1.21. The van der Waals surface area contributed by atoms with Crippen molar-refractivity contribution in [2.45, 2.75) is 0 Å². The Morgan fingerprint density at radius 3 is 1.66 bits per heavy atom. The lowest BCUT2D eigenvalue weighted by molar-refractivity contribution is -0.633. The molecule has 4 aromatic carbocycles. The minimum Gasteiger partial charge on any atom is -0.194 e. The molecular formula is C28H22N+. The first-order valence-electron chi connectivity index (χ1n) is 9.94. The monoisotopic (exact) mass is 372 g/mol. The Hall–Kier alpha value is -3.71. The summed E-state index contributed by atoms with van der Waals surface area (Å²) < 4.78 is 2.30. The van der Waals surface area contributed by atoms with Gasteiger partial charge in [-0.05, 0) is 41.0 Å². The minimum atomic E-state index is 1.21. The second-order valence-corrected chi connectivity index (χ2v) is 7.33. The van der Waals surface area contributed by atoms with Crippen molar-refractivity contribution >= 4 is 10.9 Å². The number of hydrogen-bond donors (Lipinski definition) is 0. The molecule has 0 saturated heterocycles. The summed E-state index contributed by atoms with van der Waals surface area (Å²) in [5.41, 5.74) is 8.64. The Morgan fingerprint density at radius 1 is 0.483 bits per heavy atom. The first-order valence-corrected chi connectivity index (χ1v) is 9.94. The number of rotatable bonds is 3. The predicted octanol–water partition coefficient (Wildman–Crippen LogP) is 6.67. The van der Waals surface area contributed by atoms with Gasteiger partial charge in [0.05, 0.1) is 5.39 Å². The summed E-state index contributed by atoms with van der Waals surface area (Å²) >= 11 is 0. The van der Waals surface area contributed by atoms with E-state index in [1.807, 2.05) is 0 Å². The van der Waals surface area contributed by atoms with E-state index < -0.39 is 0 Å². The van der Waals surface area contributed by atoms with E-state index in [1.54, 1.807) is 0 Å². The van der Waals surface area contributed by atoms with Crippen LogP contribution in [-0.2, 0) is 7.05 Å². The van der Waals surface area contributed by atoms with Gasteiger partial charge < -0.3 is 0 Å². The Labute approximate surface area is 171 Å². The molecule has 1 nitrogen and oxygen atoms in total. The first-order chi connectivity index (χ1) is 14.3. The SMILES string of the molecule is C[n+]1c(-c2ccccc2)cc(-c2ccccc2)c2cc(-c3ccccc3)ccc21. The second-order valence-electron chi connectivity index (χ2n) is 7.33. The molecule has 0 unspecified atom stereocenters. The van der Waals surface area contributed by atoms with Crippen LogP contribution in [0.2, 0.25) is 0 Å². The zero-order chi connectivity index (χ0) is 19.6. The van der Waals surface area contributed by atoms with E-state index in [0.29, 0.717) is 0 Å². The van der Waals surface area contributed by atoms with Gasteiger partial charge in [-0.15, -0.1) is 0 Å². The average molecular weight is 372 g/mol. The fourth-order valence-corrected chi connectivity index (χ4v) is 4.04. The van der Waals surface area contributed by atoms with Crippen LogP contribution in [0.25, 0.3) is 44.4 Å². The summed E-state index contributed by atoms with van der Waals surface area (Å²) in [7, 11) is 2.15. The molecule has 0 aliphatic carbocycles. The summed E-state index contributed by atoms with van der Waals surface area (Å²) in [5.74, 6) is 0. The maximum Gasteiger partial charge on any atom is 0.213 e. The third-order valence-corrected chi connectivity index (χ3v) is 5.55. The van der Waals surface area contributed by atoms with Gasteiger partial charge in [-0.1, -0.05) is 78.9 Å². The number of hydrogen-bond acceptors (Lipinski definition) is 0. The van der Waals surface area contributed by atoms with Gasteiger partial charge >= 0.3 is 0 Å². The Kier molecular flexibility index (Phi) is 4.42. The van der Waals surface area contributed by atoms with E-state index in [-0.39, 0.29) is 0 Å². The molecule has 0 aliphatic rings. The van der Waals surface area contributed by atoms with Crippen molar-refractivity contribution in [2.24, 2.45) is 7.05 Å². The largest absolute Gasteiger partial charge is 0.213 e. The van der Waals surface area contributed by atoms with Crippen molar-refractivity contribution < 1.29 is 4.57 Å². The van der Waals surface area contributed by atoms with Gasteiger partial charge in [0.2, 0.25) is 11.2 Å². The fourth-order valence-electron chi connectivity index (χ4n) is 4.04. The molecular weight excluding hydrogens is 350 g/mol. The maximum atomic E-state index is 2.32. The molecule has 0 spiro atoms. The van der Waals surface area contributed by atoms with Crippen LogP contribution in [0.15, 0.2) is 115 Å². The normalized spacial score (nSPS) is 10.9. The molecule has 0 amide bonds. The standard InChI is InChI=1S/C28H22N/c1-29-27-18-17-24(21-11-5-2-6-12-21)19-26(27)25(22-13-7-3-8-14-22)20-28(29)23-15-9-4-10-16-23/h2-20H,1H3/q+1. The summed E-state index contributed by atoms with van der Waals surface area (Å²) in [6, 6.07) is 41.0. The lowest BCUT2D eigenvalue weighted by Crippen LogP contribution is -2.32. The number of pyridine rings is 1. The number of nitrogens with zero attached hydrogens (tertiary/aromatic N) is 1. The molecule has 0 aliphatic heterocycles. The van der Waals surface area contributed by atoms with Gasteiger partial charge in [0, 0.05) is 23.3 Å². The van der Waals surface area contributed by atoms with Crippen LogP contribution in [0.3, 0.4) is 0 Å². The van der Waals surface area contributed by atoms with Crippen LogP contribution in [0.1, 0.15) is 0 Å². The summed E-state index contributed by atoms with van der Waals surface area (Å²) in [6.45, 7) is 0. The first kappa shape index (κ1) is 17.4. The fraction of sp³-hybridized carbons (Fsp3) is 0.0357. The number of aromatic nitrogens is 1. The zero-order valence-electron chi connectivity index (χ0n) is 16.4. The number of aryl methyl sites for hydroxylation is 1. The van der Waals surface area contributed by atoms with Crippen molar-refractivity contribution in [1.82, 2.24) is 0 Å². The summed E-state index contributed by atoms with van der Waals surface area (Å²) in [4.78, 5) is 0. The van der Waals surface area contributed by atoms with Crippen LogP contribution in [0.4, 0.5) is 0 Å². The van der Waals surface area contributed by atoms with E-state index in [9.17, 15) is 0 Å². The van der Waals surface area contributed by atoms with Gasteiger partial charge in [-0.25, -0.2) is 0 Å². The van der Waals surface area contributed by atoms with Crippen molar-refractivity contribution in [3.63, 3.8) is 0 Å². The second kappa shape index (κ2) is 7.37. The van der Waals surface area contributed by atoms with Gasteiger partial charge in [-0.3, -0.25) is 0 Å². The molecule has 0 N–H and O–H groups in total. The third kappa shape index (κ3) is 3.21. The van der Waals surface area contributed by atoms with Crippen molar-refractivity contribution in [3.8, 4) is 33.5 Å². The van der Waals surface area contributed by atoms with Crippen LogP contribution < -0.4 is 4.57 Å². The van der Waals surface area contributed by atoms with E-state index in [4.69, 9.17) is 0 Å². The average Bonchev–Trinajstić information content (AvgIpc) is 2.81. The lowest BCUT2D eigenvalue weighted by Gasteiger charge is -2.11. The zero-order valence-corrected chi connectivity index (χ0v) is 16.4. The van der Waals surface area contributed by atoms with E-state index >= 15 is 0 Å². The Balaban J connectivity index is 1.83. The van der Waals surface area contributed by atoms with Gasteiger partial charge in [0.15, 0.2) is 0 Å². The maximum absolute atomic E-state index is 2.32. The topological polar surface area (TPSA) is 3.88 Å². The van der Waals surface area contributed by atoms with Crippen LogP contribution in [0, 0.1) is 0 Å². The highest BCUT2D eigenvalue weighted by atomic mass is 14.9. The molecule has 1 aromatic heterocycles. The summed E-state index contributed by atoms with van der Waals surface area (Å²) in [5, 5.41) is 1.26. The molecule has 0 bridgehead atoms. The lowest BCUT2D eigenvalue weighted by atomic mass is 9.95. The molecule has 0 fully saturated rings. The highest BCUT2D eigenvalue weighted by Gasteiger charge is 2.19. The number of fused-ring (bicyclic) bond motifs is 1. The van der Waals surface area contributed by atoms with Crippen molar-refractivity contribution in [2.75, 3.05) is 0 Å². The van der Waals surface area contributed by atoms with Gasteiger partial charge in [-0.2, -0.15) is 4.57 Å². The van der Waals surface area contributed by atoms with Crippen LogP contribution in [-0.4, -0.2) is 0 Å². The Morgan fingerprint density at radius 2 is 1.03 bits per heavy atom. The molecule has 0 radical (unpaired) electrons. The molecule has 138 valence electrons. The molecule has 5 aromatic rings. The van der Waals surface area contributed by atoms with Gasteiger partial charge in [0.1, 0.15) is 7.05 Å². The van der Waals surface area contributed by atoms with E-state index in [1.165, 1.54) is 44.4 Å². The van der Waals surface area contributed by atoms with E-state index in [0.717, 1.165) is 0 Å². The highest BCUT2D eigenvalue weighted by Crippen LogP contribution is 2.33. The van der Waals surface area contributed by atoms with Gasteiger partial charge in [0.25, 0.3) is 0 Å². The van der Waals surface area contributed by atoms with Crippen molar-refractivity contribution in [3.05, 3.63) is 115 Å². The molecule has 5 rings (SSSR count). The molecule has 1 heterocycles. The highest BCUT2D eigenvalue weighted by molar-refractivity contribution is 5.96. The molecule has 0 saturated carbocycles. The molecule has 0 atom stereocenters. The molecule has 1 heteroatoms. The van der Waals surface area contributed by atoms with E-state index in [2.05, 4.69) is 127 Å². The quantitative estimate of drug-likeness (QED) is 0.312. The predicted molar refractivity (Wildman–Crippen MR) is 121 cm³/mol. The number of benzene rings is 4. The summed E-state index contributed by atoms with van der Waals surface area (Å²) in [6.07, 6.45) is 0. The smallest absolute Gasteiger partial charge is 0.194 e.